The highest BCUT2D eigenvalue weighted by Crippen LogP contribution is 2.19. The van der Waals surface area contributed by atoms with Crippen LogP contribution in [0.25, 0.3) is 0 Å². The molecular weight excluding hydrogens is 176 g/mol. The predicted molar refractivity (Wildman–Crippen MR) is 58.2 cm³/mol. The lowest BCUT2D eigenvalue weighted by Crippen LogP contribution is -2.47. The van der Waals surface area contributed by atoms with Crippen LogP contribution < -0.4 is 10.6 Å². The van der Waals surface area contributed by atoms with E-state index in [0.29, 0.717) is 6.04 Å². The normalized spacial score (nSPS) is 17.4. The van der Waals surface area contributed by atoms with E-state index >= 15 is 0 Å². The van der Waals surface area contributed by atoms with Crippen LogP contribution in [0.15, 0.2) is 0 Å². The molecule has 3 heteroatoms. The van der Waals surface area contributed by atoms with Crippen LogP contribution in [0.2, 0.25) is 0 Å². The van der Waals surface area contributed by atoms with Crippen molar-refractivity contribution in [2.75, 3.05) is 6.54 Å². The molecule has 1 aliphatic rings. The van der Waals surface area contributed by atoms with Crippen LogP contribution in [0.4, 0.5) is 4.79 Å². The van der Waals surface area contributed by atoms with E-state index in [1.807, 2.05) is 0 Å². The van der Waals surface area contributed by atoms with Gasteiger partial charge in [-0.05, 0) is 31.1 Å². The monoisotopic (exact) mass is 198 g/mol. The van der Waals surface area contributed by atoms with Crippen LogP contribution >= 0.6 is 0 Å². The van der Waals surface area contributed by atoms with Gasteiger partial charge in [0.25, 0.3) is 0 Å². The van der Waals surface area contributed by atoms with Crippen molar-refractivity contribution in [1.29, 1.82) is 0 Å². The summed E-state index contributed by atoms with van der Waals surface area (Å²) in [6.45, 7) is 7.22. The van der Waals surface area contributed by atoms with E-state index in [-0.39, 0.29) is 11.4 Å². The average molecular weight is 198 g/mol. The number of urea groups is 1. The van der Waals surface area contributed by atoms with Gasteiger partial charge in [-0.25, -0.2) is 4.79 Å². The quantitative estimate of drug-likeness (QED) is 0.715. The molecular formula is C11H22N2O. The highest BCUT2D eigenvalue weighted by molar-refractivity contribution is 5.74. The highest BCUT2D eigenvalue weighted by Gasteiger charge is 2.20. The lowest BCUT2D eigenvalue weighted by Gasteiger charge is -2.28. The maximum atomic E-state index is 11.4. The lowest BCUT2D eigenvalue weighted by atomic mass is 9.90. The number of nitrogens with one attached hydrogen (secondary N) is 2. The first-order chi connectivity index (χ1) is 6.53. The summed E-state index contributed by atoms with van der Waals surface area (Å²) in [5.74, 6) is 0. The van der Waals surface area contributed by atoms with E-state index in [0.717, 1.165) is 25.8 Å². The molecule has 0 saturated heterocycles. The van der Waals surface area contributed by atoms with Gasteiger partial charge in [-0.15, -0.1) is 0 Å². The Hall–Kier alpha value is -0.730. The van der Waals surface area contributed by atoms with Crippen molar-refractivity contribution in [2.45, 2.75) is 52.5 Å². The number of rotatable bonds is 4. The van der Waals surface area contributed by atoms with Crippen molar-refractivity contribution in [2.24, 2.45) is 5.41 Å². The fraction of sp³-hybridized carbons (Fsp3) is 0.909. The fourth-order valence-electron chi connectivity index (χ4n) is 1.23. The molecule has 3 nitrogen and oxygen atoms in total. The molecule has 2 amide bonds. The van der Waals surface area contributed by atoms with Gasteiger partial charge in [-0.2, -0.15) is 0 Å². The summed E-state index contributed by atoms with van der Waals surface area (Å²) < 4.78 is 0. The molecule has 0 aromatic rings. The number of hydrogen-bond donors (Lipinski definition) is 2. The maximum Gasteiger partial charge on any atom is 0.315 e. The smallest absolute Gasteiger partial charge is 0.315 e. The Morgan fingerprint density at radius 3 is 2.50 bits per heavy atom. The van der Waals surface area contributed by atoms with E-state index in [2.05, 4.69) is 31.4 Å². The molecule has 0 spiro atoms. The number of hydrogen-bond acceptors (Lipinski definition) is 1. The van der Waals surface area contributed by atoms with E-state index in [1.54, 1.807) is 0 Å². The highest BCUT2D eigenvalue weighted by atomic mass is 16.2. The van der Waals surface area contributed by atoms with Crippen molar-refractivity contribution < 1.29 is 4.79 Å². The molecule has 1 fully saturated rings. The third-order valence-electron chi connectivity index (χ3n) is 3.12. The van der Waals surface area contributed by atoms with Crippen molar-refractivity contribution in [3.05, 3.63) is 0 Å². The van der Waals surface area contributed by atoms with Crippen LogP contribution in [-0.4, -0.2) is 18.6 Å². The Bertz CT molecular complexity index is 197. The fourth-order valence-corrected chi connectivity index (χ4v) is 1.23. The van der Waals surface area contributed by atoms with Crippen LogP contribution in [0, 0.1) is 5.41 Å². The summed E-state index contributed by atoms with van der Waals surface area (Å²) in [6, 6.07) is 0.427. The molecule has 1 aliphatic carbocycles. The molecule has 2 N–H and O–H groups in total. The van der Waals surface area contributed by atoms with Crippen LogP contribution in [0.5, 0.6) is 0 Å². The first kappa shape index (κ1) is 11.3. The molecule has 1 saturated carbocycles. The zero-order valence-electron chi connectivity index (χ0n) is 9.52. The SMILES string of the molecule is CCC(C)(C)CNC(=O)NC1CCC1. The Labute approximate surface area is 86.6 Å². The van der Waals surface area contributed by atoms with E-state index in [1.165, 1.54) is 6.42 Å². The second kappa shape index (κ2) is 4.67. The Balaban J connectivity index is 2.13. The molecule has 0 atom stereocenters. The minimum Gasteiger partial charge on any atom is -0.338 e. The molecule has 0 aromatic heterocycles. The van der Waals surface area contributed by atoms with E-state index in [9.17, 15) is 4.79 Å². The summed E-state index contributed by atoms with van der Waals surface area (Å²) in [5.41, 5.74) is 0.205. The number of amides is 2. The Morgan fingerprint density at radius 2 is 2.07 bits per heavy atom. The second-order valence-electron chi connectivity index (χ2n) is 4.97. The van der Waals surface area contributed by atoms with Crippen molar-refractivity contribution >= 4 is 6.03 Å². The summed E-state index contributed by atoms with van der Waals surface area (Å²) in [5, 5.41) is 5.89. The molecule has 0 radical (unpaired) electrons. The maximum absolute atomic E-state index is 11.4. The van der Waals surface area contributed by atoms with E-state index < -0.39 is 0 Å². The molecule has 0 unspecified atom stereocenters. The van der Waals surface area contributed by atoms with Gasteiger partial charge in [0.05, 0.1) is 0 Å². The summed E-state index contributed by atoms with van der Waals surface area (Å²) in [4.78, 5) is 11.4. The largest absolute Gasteiger partial charge is 0.338 e. The van der Waals surface area contributed by atoms with Gasteiger partial charge >= 0.3 is 6.03 Å². The van der Waals surface area contributed by atoms with Gasteiger partial charge in [-0.1, -0.05) is 20.8 Å². The van der Waals surface area contributed by atoms with Gasteiger partial charge < -0.3 is 10.6 Å². The number of carbonyl (C=O) groups is 1. The van der Waals surface area contributed by atoms with Crippen molar-refractivity contribution in [1.82, 2.24) is 10.6 Å². The zero-order chi connectivity index (χ0) is 10.6. The minimum absolute atomic E-state index is 0.00350. The first-order valence-corrected chi connectivity index (χ1v) is 5.58. The van der Waals surface area contributed by atoms with Crippen LogP contribution in [0.1, 0.15) is 46.5 Å². The summed E-state index contributed by atoms with van der Waals surface area (Å²) >= 11 is 0. The molecule has 0 heterocycles. The van der Waals surface area contributed by atoms with Gasteiger partial charge in [-0.3, -0.25) is 0 Å². The number of carbonyl (C=O) groups excluding carboxylic acids is 1. The third-order valence-corrected chi connectivity index (χ3v) is 3.12. The summed E-state index contributed by atoms with van der Waals surface area (Å²) in [6.07, 6.45) is 4.62. The molecule has 0 aliphatic heterocycles. The Morgan fingerprint density at radius 1 is 1.43 bits per heavy atom. The van der Waals surface area contributed by atoms with Crippen LogP contribution in [-0.2, 0) is 0 Å². The van der Waals surface area contributed by atoms with Gasteiger partial charge in [0, 0.05) is 12.6 Å². The second-order valence-corrected chi connectivity index (χ2v) is 4.97. The van der Waals surface area contributed by atoms with Crippen LogP contribution in [0.3, 0.4) is 0 Å². The average Bonchev–Trinajstić information content (AvgIpc) is 2.08. The van der Waals surface area contributed by atoms with Gasteiger partial charge in [0.2, 0.25) is 0 Å². The minimum atomic E-state index is -0.00350. The molecule has 14 heavy (non-hydrogen) atoms. The first-order valence-electron chi connectivity index (χ1n) is 5.58. The predicted octanol–water partition coefficient (Wildman–Crippen LogP) is 2.27. The summed E-state index contributed by atoms with van der Waals surface area (Å²) in [7, 11) is 0. The molecule has 0 aromatic carbocycles. The van der Waals surface area contributed by atoms with Gasteiger partial charge in [0.1, 0.15) is 0 Å². The lowest BCUT2D eigenvalue weighted by molar-refractivity contribution is 0.221. The van der Waals surface area contributed by atoms with Gasteiger partial charge in [0.15, 0.2) is 0 Å². The molecule has 82 valence electrons. The topological polar surface area (TPSA) is 41.1 Å². The Kier molecular flexibility index (Phi) is 3.78. The standard InChI is InChI=1S/C11H22N2O/c1-4-11(2,3)8-12-10(14)13-9-6-5-7-9/h9H,4-8H2,1-3H3,(H2,12,13,14). The van der Waals surface area contributed by atoms with Crippen molar-refractivity contribution in [3.8, 4) is 0 Å². The molecule has 1 rings (SSSR count). The third kappa shape index (κ3) is 3.56. The van der Waals surface area contributed by atoms with Crippen molar-refractivity contribution in [3.63, 3.8) is 0 Å². The van der Waals surface area contributed by atoms with E-state index in [4.69, 9.17) is 0 Å². The molecule has 0 bridgehead atoms. The zero-order valence-corrected chi connectivity index (χ0v) is 9.52.